The van der Waals surface area contributed by atoms with Crippen molar-refractivity contribution in [3.05, 3.63) is 58.0 Å². The highest BCUT2D eigenvalue weighted by Crippen LogP contribution is 2.29. The van der Waals surface area contributed by atoms with Gasteiger partial charge in [-0.15, -0.1) is 0 Å². The molecule has 1 N–H and O–H groups in total. The molecule has 1 aromatic carbocycles. The van der Waals surface area contributed by atoms with E-state index in [1.807, 2.05) is 12.1 Å². The minimum Gasteiger partial charge on any atom is -0.469 e. The van der Waals surface area contributed by atoms with Crippen molar-refractivity contribution >= 4 is 29.1 Å². The zero-order valence-corrected chi connectivity index (χ0v) is 14.2. The average Bonchev–Trinajstić information content (AvgIpc) is 3.02. The summed E-state index contributed by atoms with van der Waals surface area (Å²) in [5.41, 5.74) is 0.471. The van der Waals surface area contributed by atoms with E-state index >= 15 is 0 Å². The highest BCUT2D eigenvalue weighted by molar-refractivity contribution is 6.36. The molecule has 0 bridgehead atoms. The van der Waals surface area contributed by atoms with E-state index in [9.17, 15) is 4.79 Å². The Labute approximate surface area is 146 Å². The van der Waals surface area contributed by atoms with Crippen LogP contribution in [0.2, 0.25) is 10.0 Å². The van der Waals surface area contributed by atoms with E-state index in [2.05, 4.69) is 5.32 Å². The maximum absolute atomic E-state index is 12.5. The quantitative estimate of drug-likeness (QED) is 0.830. The highest BCUT2D eigenvalue weighted by Gasteiger charge is 2.28. The summed E-state index contributed by atoms with van der Waals surface area (Å²) in [5.74, 6) is 1.23. The largest absolute Gasteiger partial charge is 0.469 e. The van der Waals surface area contributed by atoms with Gasteiger partial charge in [0, 0.05) is 17.5 Å². The van der Waals surface area contributed by atoms with E-state index in [1.54, 1.807) is 24.5 Å². The molecular formula is C18H19Cl2NO2. The molecule has 3 nitrogen and oxygen atoms in total. The van der Waals surface area contributed by atoms with Crippen LogP contribution in [0, 0.1) is 5.92 Å². The number of rotatable bonds is 4. The lowest BCUT2D eigenvalue weighted by Crippen LogP contribution is -2.43. The fraction of sp³-hybridized carbons (Fsp3) is 0.389. The second kappa shape index (κ2) is 7.41. The van der Waals surface area contributed by atoms with Crippen LogP contribution in [0.3, 0.4) is 0 Å². The molecule has 1 aromatic heterocycles. The minimum absolute atomic E-state index is 0.136. The van der Waals surface area contributed by atoms with Crippen LogP contribution < -0.4 is 5.32 Å². The molecule has 2 aromatic rings. The Balaban J connectivity index is 1.69. The first-order chi connectivity index (χ1) is 11.1. The van der Waals surface area contributed by atoms with Crippen molar-refractivity contribution in [1.82, 2.24) is 5.32 Å². The lowest BCUT2D eigenvalue weighted by molar-refractivity contribution is 0.0904. The molecule has 1 amide bonds. The van der Waals surface area contributed by atoms with E-state index in [-0.39, 0.29) is 11.9 Å². The van der Waals surface area contributed by atoms with E-state index in [4.69, 9.17) is 27.6 Å². The van der Waals surface area contributed by atoms with Crippen molar-refractivity contribution in [2.45, 2.75) is 38.1 Å². The van der Waals surface area contributed by atoms with Crippen molar-refractivity contribution in [3.63, 3.8) is 0 Å². The van der Waals surface area contributed by atoms with Crippen LogP contribution in [0.4, 0.5) is 0 Å². The van der Waals surface area contributed by atoms with Crippen LogP contribution in [0.15, 0.2) is 41.0 Å². The fourth-order valence-electron chi connectivity index (χ4n) is 3.25. The first-order valence-electron chi connectivity index (χ1n) is 7.92. The normalized spacial score (nSPS) is 21.1. The third-order valence-electron chi connectivity index (χ3n) is 4.44. The Hall–Kier alpha value is -1.45. The van der Waals surface area contributed by atoms with Crippen molar-refractivity contribution in [3.8, 4) is 0 Å². The molecular weight excluding hydrogens is 333 g/mol. The molecule has 1 fully saturated rings. The summed E-state index contributed by atoms with van der Waals surface area (Å²) < 4.78 is 5.46. The Bertz CT molecular complexity index is 670. The van der Waals surface area contributed by atoms with Gasteiger partial charge in [-0.2, -0.15) is 0 Å². The summed E-state index contributed by atoms with van der Waals surface area (Å²) in [6.45, 7) is 0. The zero-order valence-electron chi connectivity index (χ0n) is 12.7. The van der Waals surface area contributed by atoms with Gasteiger partial charge in [-0.05, 0) is 49.1 Å². The Morgan fingerprint density at radius 2 is 2.04 bits per heavy atom. The maximum atomic E-state index is 12.5. The van der Waals surface area contributed by atoms with Gasteiger partial charge >= 0.3 is 0 Å². The molecule has 1 aliphatic rings. The number of amides is 1. The first kappa shape index (κ1) is 16.4. The monoisotopic (exact) mass is 351 g/mol. The third-order valence-corrected chi connectivity index (χ3v) is 4.99. The van der Waals surface area contributed by atoms with Crippen molar-refractivity contribution in [2.75, 3.05) is 0 Å². The van der Waals surface area contributed by atoms with Gasteiger partial charge in [0.2, 0.25) is 0 Å². The molecule has 5 heteroatoms. The molecule has 1 saturated carbocycles. The van der Waals surface area contributed by atoms with Crippen LogP contribution in [-0.2, 0) is 6.42 Å². The average molecular weight is 352 g/mol. The fourth-order valence-corrected chi connectivity index (χ4v) is 3.74. The number of hydrogen-bond acceptors (Lipinski definition) is 2. The lowest BCUT2D eigenvalue weighted by atomic mass is 9.81. The maximum Gasteiger partial charge on any atom is 0.253 e. The van der Waals surface area contributed by atoms with Crippen LogP contribution in [0.25, 0.3) is 0 Å². The molecule has 23 heavy (non-hydrogen) atoms. The van der Waals surface area contributed by atoms with Gasteiger partial charge in [0.25, 0.3) is 5.91 Å². The summed E-state index contributed by atoms with van der Waals surface area (Å²) in [6.07, 6.45) is 6.96. The molecule has 122 valence electrons. The molecule has 1 aliphatic carbocycles. The molecule has 3 rings (SSSR count). The molecule has 2 atom stereocenters. The second-order valence-corrected chi connectivity index (χ2v) is 6.88. The Morgan fingerprint density at radius 3 is 2.78 bits per heavy atom. The first-order valence-corrected chi connectivity index (χ1v) is 8.67. The van der Waals surface area contributed by atoms with Crippen LogP contribution >= 0.6 is 23.2 Å². The standard InChI is InChI=1S/C18H19Cl2NO2/c19-13-7-8-15(16(20)11-13)18(22)21-17-6-2-1-4-12(17)10-14-5-3-9-23-14/h3,5,7-9,11-12,17H,1-2,4,6,10H2,(H,21,22). The molecule has 1 heterocycles. The minimum atomic E-state index is -0.136. The smallest absolute Gasteiger partial charge is 0.253 e. The van der Waals surface area contributed by atoms with Crippen LogP contribution in [-0.4, -0.2) is 11.9 Å². The van der Waals surface area contributed by atoms with Gasteiger partial charge in [0.15, 0.2) is 0 Å². The van der Waals surface area contributed by atoms with E-state index in [0.29, 0.717) is 21.5 Å². The van der Waals surface area contributed by atoms with Crippen molar-refractivity contribution < 1.29 is 9.21 Å². The second-order valence-electron chi connectivity index (χ2n) is 6.03. The number of nitrogens with one attached hydrogen (secondary N) is 1. The number of carbonyl (C=O) groups excluding carboxylic acids is 1. The summed E-state index contributed by atoms with van der Waals surface area (Å²) >= 11 is 12.0. The molecule has 0 radical (unpaired) electrons. The Kier molecular flexibility index (Phi) is 5.29. The SMILES string of the molecule is O=C(NC1CCCCC1Cc1ccco1)c1ccc(Cl)cc1Cl. The predicted octanol–water partition coefficient (Wildman–Crippen LogP) is 5.12. The van der Waals surface area contributed by atoms with Gasteiger partial charge in [-0.25, -0.2) is 0 Å². The molecule has 2 unspecified atom stereocenters. The summed E-state index contributed by atoms with van der Waals surface area (Å²) in [6, 6.07) is 8.99. The van der Waals surface area contributed by atoms with Crippen LogP contribution in [0.1, 0.15) is 41.8 Å². The van der Waals surface area contributed by atoms with Gasteiger partial charge < -0.3 is 9.73 Å². The zero-order chi connectivity index (χ0) is 16.2. The Morgan fingerprint density at radius 1 is 1.22 bits per heavy atom. The summed E-state index contributed by atoms with van der Waals surface area (Å²) in [4.78, 5) is 12.5. The predicted molar refractivity (Wildman–Crippen MR) is 92.1 cm³/mol. The van der Waals surface area contributed by atoms with Gasteiger partial charge in [0.05, 0.1) is 16.8 Å². The molecule has 0 saturated heterocycles. The topological polar surface area (TPSA) is 42.2 Å². The van der Waals surface area contributed by atoms with Crippen molar-refractivity contribution in [1.29, 1.82) is 0 Å². The van der Waals surface area contributed by atoms with E-state index < -0.39 is 0 Å². The molecule has 0 spiro atoms. The van der Waals surface area contributed by atoms with Gasteiger partial charge in [-0.3, -0.25) is 4.79 Å². The summed E-state index contributed by atoms with van der Waals surface area (Å²) in [7, 11) is 0. The van der Waals surface area contributed by atoms with Crippen LogP contribution in [0.5, 0.6) is 0 Å². The number of benzene rings is 1. The highest BCUT2D eigenvalue weighted by atomic mass is 35.5. The van der Waals surface area contributed by atoms with Gasteiger partial charge in [-0.1, -0.05) is 36.0 Å². The number of hydrogen-bond donors (Lipinski definition) is 1. The third kappa shape index (κ3) is 4.10. The number of furan rings is 1. The lowest BCUT2D eigenvalue weighted by Gasteiger charge is -2.32. The number of carbonyl (C=O) groups is 1. The van der Waals surface area contributed by atoms with E-state index in [1.165, 1.54) is 6.42 Å². The van der Waals surface area contributed by atoms with Crippen molar-refractivity contribution in [2.24, 2.45) is 5.92 Å². The van der Waals surface area contributed by atoms with Gasteiger partial charge in [0.1, 0.15) is 5.76 Å². The summed E-state index contributed by atoms with van der Waals surface area (Å²) in [5, 5.41) is 4.06. The van der Waals surface area contributed by atoms with E-state index in [0.717, 1.165) is 31.4 Å². The number of halogens is 2. The molecule has 0 aliphatic heterocycles.